The summed E-state index contributed by atoms with van der Waals surface area (Å²) in [5.74, 6) is -1.63. The van der Waals surface area contributed by atoms with Crippen LogP contribution in [-0.2, 0) is 20.7 Å². The quantitative estimate of drug-likeness (QED) is 0.365. The third kappa shape index (κ3) is 8.23. The van der Waals surface area contributed by atoms with Crippen LogP contribution in [0.1, 0.15) is 69.8 Å². The van der Waals surface area contributed by atoms with Crippen LogP contribution in [0.15, 0.2) is 46.4 Å². The average molecular weight is 638 g/mol. The molecule has 3 aromatic rings. The Morgan fingerprint density at radius 2 is 1.82 bits per heavy atom. The van der Waals surface area contributed by atoms with Gasteiger partial charge in [-0.15, -0.1) is 11.3 Å². The number of oxazole rings is 1. The van der Waals surface area contributed by atoms with Crippen molar-refractivity contribution < 1.29 is 33.1 Å². The lowest BCUT2D eigenvalue weighted by molar-refractivity contribution is -0.136. The van der Waals surface area contributed by atoms with E-state index >= 15 is 0 Å². The maximum absolute atomic E-state index is 13.4. The van der Waals surface area contributed by atoms with Gasteiger partial charge in [-0.25, -0.2) is 14.8 Å². The van der Waals surface area contributed by atoms with Gasteiger partial charge in [-0.3, -0.25) is 24.1 Å². The van der Waals surface area contributed by atoms with E-state index in [2.05, 4.69) is 25.9 Å². The molecular formula is C30H35N7O7S. The number of cyclic esters (lactones) is 1. The summed E-state index contributed by atoms with van der Waals surface area (Å²) >= 11 is 1.25. The van der Waals surface area contributed by atoms with Gasteiger partial charge in [0.25, 0.3) is 11.8 Å². The Labute approximate surface area is 263 Å². The number of aromatic nitrogens is 2. The van der Waals surface area contributed by atoms with Crippen molar-refractivity contribution in [2.24, 2.45) is 5.92 Å². The van der Waals surface area contributed by atoms with Gasteiger partial charge in [-0.2, -0.15) is 0 Å². The van der Waals surface area contributed by atoms with E-state index in [-0.39, 0.29) is 62.5 Å². The molecule has 238 valence electrons. The fourth-order valence-electron chi connectivity index (χ4n) is 5.01. The second kappa shape index (κ2) is 14.3. The lowest BCUT2D eigenvalue weighted by Crippen LogP contribution is -2.48. The Hall–Kier alpha value is -4.79. The maximum Gasteiger partial charge on any atom is 0.410 e. The number of fused-ring (bicyclic) bond motifs is 4. The molecule has 1 saturated heterocycles. The van der Waals surface area contributed by atoms with Crippen molar-refractivity contribution in [1.82, 2.24) is 35.7 Å². The highest BCUT2D eigenvalue weighted by Crippen LogP contribution is 2.26. The molecule has 4 bridgehead atoms. The fraction of sp³-hybridized carbons (Fsp3) is 0.433. The summed E-state index contributed by atoms with van der Waals surface area (Å²) in [6.07, 6.45) is 1.50. The predicted octanol–water partition coefficient (Wildman–Crippen LogP) is 2.07. The van der Waals surface area contributed by atoms with Gasteiger partial charge in [-0.05, 0) is 17.9 Å². The molecule has 15 heteroatoms. The minimum Gasteiger partial charge on any atom is -0.448 e. The smallest absolute Gasteiger partial charge is 0.410 e. The molecule has 0 saturated carbocycles. The topological polar surface area (TPSA) is 176 Å². The van der Waals surface area contributed by atoms with Crippen LogP contribution in [0.4, 0.5) is 4.79 Å². The van der Waals surface area contributed by atoms with E-state index in [4.69, 9.17) is 9.15 Å². The number of carbonyl (C=O) groups excluding carboxylic acids is 5. The summed E-state index contributed by atoms with van der Waals surface area (Å²) in [5.41, 5.74) is 1.08. The van der Waals surface area contributed by atoms with E-state index in [9.17, 15) is 24.0 Å². The lowest BCUT2D eigenvalue weighted by atomic mass is 10.0. The van der Waals surface area contributed by atoms with E-state index in [0.717, 1.165) is 5.56 Å². The second-order valence-corrected chi connectivity index (χ2v) is 12.1. The molecule has 1 aromatic carbocycles. The summed E-state index contributed by atoms with van der Waals surface area (Å²) in [6.45, 7) is 3.84. The number of thiazole rings is 1. The summed E-state index contributed by atoms with van der Waals surface area (Å²) in [5, 5.41) is 10.8. The Morgan fingerprint density at radius 1 is 1.02 bits per heavy atom. The molecule has 2 atom stereocenters. The molecule has 0 unspecified atom stereocenters. The van der Waals surface area contributed by atoms with Crippen molar-refractivity contribution in [1.29, 1.82) is 0 Å². The predicted molar refractivity (Wildman–Crippen MR) is 161 cm³/mol. The number of amides is 5. The van der Waals surface area contributed by atoms with Crippen LogP contribution >= 0.6 is 11.3 Å². The van der Waals surface area contributed by atoms with Crippen LogP contribution in [0.25, 0.3) is 0 Å². The first-order chi connectivity index (χ1) is 21.7. The van der Waals surface area contributed by atoms with E-state index in [1.54, 1.807) is 5.38 Å². The summed E-state index contributed by atoms with van der Waals surface area (Å²) < 4.78 is 10.7. The van der Waals surface area contributed by atoms with Gasteiger partial charge in [0.1, 0.15) is 36.2 Å². The van der Waals surface area contributed by atoms with Gasteiger partial charge in [0.2, 0.25) is 17.7 Å². The Morgan fingerprint density at radius 3 is 2.56 bits per heavy atom. The summed E-state index contributed by atoms with van der Waals surface area (Å²) in [7, 11) is 0. The van der Waals surface area contributed by atoms with Gasteiger partial charge >= 0.3 is 6.09 Å². The van der Waals surface area contributed by atoms with Crippen molar-refractivity contribution in [3.8, 4) is 0 Å². The third-order valence-corrected chi connectivity index (χ3v) is 8.22. The normalized spacial score (nSPS) is 19.8. The molecular weight excluding hydrogens is 602 g/mol. The zero-order chi connectivity index (χ0) is 31.9. The second-order valence-electron chi connectivity index (χ2n) is 11.2. The highest BCUT2D eigenvalue weighted by Gasteiger charge is 2.30. The molecule has 3 N–H and O–H groups in total. The Kier molecular flexibility index (Phi) is 10.1. The Bertz CT molecular complexity index is 1540. The van der Waals surface area contributed by atoms with Gasteiger partial charge in [-0.1, -0.05) is 44.2 Å². The number of rotatable bonds is 6. The molecule has 0 spiro atoms. The zero-order valence-electron chi connectivity index (χ0n) is 25.0. The molecule has 0 radical (unpaired) electrons. The number of ether oxygens (including phenoxy) is 1. The summed E-state index contributed by atoms with van der Waals surface area (Å²) in [6, 6.07) is 8.14. The third-order valence-electron chi connectivity index (χ3n) is 7.26. The van der Waals surface area contributed by atoms with E-state index in [0.29, 0.717) is 17.8 Å². The van der Waals surface area contributed by atoms with Gasteiger partial charge in [0.05, 0.1) is 19.1 Å². The van der Waals surface area contributed by atoms with Crippen LogP contribution in [0.3, 0.4) is 0 Å². The van der Waals surface area contributed by atoms with Gasteiger partial charge in [0.15, 0.2) is 5.69 Å². The summed E-state index contributed by atoms with van der Waals surface area (Å²) in [4.78, 5) is 76.4. The van der Waals surface area contributed by atoms with Crippen LogP contribution in [0.2, 0.25) is 0 Å². The first-order valence-corrected chi connectivity index (χ1v) is 15.6. The molecule has 5 rings (SSSR count). The number of nitrogens with one attached hydrogen (secondary N) is 3. The molecule has 4 heterocycles. The standard InChI is InChI=1S/C30H35N7O7S/c1-18(2)12-21-29-35-23(17-45-29)26(40)31-8-9-36(25(39)15-37-10-11-43-30(37)42)14-24(38)32-20(13-19-6-4-3-5-7-19)28-34-22(16-44-28)27(41)33-21/h3-7,16-18,20-21H,8-15H2,1-2H3,(H,31,40)(H,32,38)(H,33,41)/t20-,21-/m0/s1. The number of benzene rings is 1. The van der Waals surface area contributed by atoms with Crippen LogP contribution < -0.4 is 16.0 Å². The van der Waals surface area contributed by atoms with E-state index in [1.165, 1.54) is 27.4 Å². The van der Waals surface area contributed by atoms with Crippen molar-refractivity contribution in [3.63, 3.8) is 0 Å². The first kappa shape index (κ1) is 31.6. The number of carbonyl (C=O) groups is 5. The molecule has 45 heavy (non-hydrogen) atoms. The highest BCUT2D eigenvalue weighted by molar-refractivity contribution is 7.09. The van der Waals surface area contributed by atoms with E-state index < -0.39 is 41.8 Å². The monoisotopic (exact) mass is 637 g/mol. The highest BCUT2D eigenvalue weighted by atomic mass is 32.1. The lowest BCUT2D eigenvalue weighted by Gasteiger charge is -2.25. The molecule has 2 aromatic heterocycles. The van der Waals surface area contributed by atoms with Gasteiger partial charge in [0, 0.05) is 24.9 Å². The fourth-order valence-corrected chi connectivity index (χ4v) is 5.87. The van der Waals surface area contributed by atoms with Crippen LogP contribution in [-0.4, -0.2) is 88.8 Å². The number of nitrogens with zero attached hydrogens (tertiary/aromatic N) is 4. The molecule has 1 fully saturated rings. The van der Waals surface area contributed by atoms with Crippen LogP contribution in [0.5, 0.6) is 0 Å². The molecule has 2 aliphatic rings. The average Bonchev–Trinajstić information content (AvgIpc) is 3.78. The Balaban J connectivity index is 1.45. The minimum atomic E-state index is -0.765. The maximum atomic E-state index is 13.4. The largest absolute Gasteiger partial charge is 0.448 e. The van der Waals surface area contributed by atoms with Crippen molar-refractivity contribution in [3.05, 3.63) is 69.8 Å². The van der Waals surface area contributed by atoms with Gasteiger partial charge < -0.3 is 30.0 Å². The number of hydrogen-bond acceptors (Lipinski definition) is 10. The number of hydrogen-bond donors (Lipinski definition) is 3. The zero-order valence-corrected chi connectivity index (χ0v) is 25.8. The van der Waals surface area contributed by atoms with Crippen LogP contribution in [0, 0.1) is 5.92 Å². The first-order valence-electron chi connectivity index (χ1n) is 14.7. The molecule has 2 aliphatic heterocycles. The molecule has 0 aliphatic carbocycles. The SMILES string of the molecule is CC(C)C[C@@H]1NC(=O)c2coc(n2)[C@H](Cc2ccccc2)NC(=O)CN(C(=O)CN2CCOC2=O)CCNC(=O)c2csc1n2. The molecule has 14 nitrogen and oxygen atoms in total. The molecule has 5 amide bonds. The van der Waals surface area contributed by atoms with Crippen molar-refractivity contribution in [2.45, 2.75) is 38.8 Å². The van der Waals surface area contributed by atoms with E-state index in [1.807, 2.05) is 44.2 Å². The van der Waals surface area contributed by atoms with Crippen molar-refractivity contribution >= 4 is 41.1 Å². The minimum absolute atomic E-state index is 0.00356. The van der Waals surface area contributed by atoms with Crippen molar-refractivity contribution in [2.75, 3.05) is 39.3 Å².